The van der Waals surface area contributed by atoms with Crippen LogP contribution in [0, 0.1) is 0 Å². The van der Waals surface area contributed by atoms with E-state index in [1.807, 2.05) is 35.7 Å². The van der Waals surface area contributed by atoms with Crippen LogP contribution in [0.25, 0.3) is 10.4 Å². The zero-order valence-electron chi connectivity index (χ0n) is 14.1. The summed E-state index contributed by atoms with van der Waals surface area (Å²) in [6.07, 6.45) is -0.804. The third kappa shape index (κ3) is 4.25. The van der Waals surface area contributed by atoms with Gasteiger partial charge in [0.15, 0.2) is 0 Å². The second-order valence-electron chi connectivity index (χ2n) is 5.67. The van der Waals surface area contributed by atoms with E-state index >= 15 is 0 Å². The van der Waals surface area contributed by atoms with Crippen molar-refractivity contribution in [2.45, 2.75) is 6.10 Å². The Morgan fingerprint density at radius 3 is 2.65 bits per heavy atom. The molecule has 1 heterocycles. The maximum absolute atomic E-state index is 12.4. The monoisotopic (exact) mass is 387 g/mol. The number of aliphatic hydroxyl groups is 1. The van der Waals surface area contributed by atoms with Gasteiger partial charge in [0.25, 0.3) is 5.91 Å². The number of hydrogen-bond donors (Lipinski definition) is 2. The van der Waals surface area contributed by atoms with Gasteiger partial charge in [-0.25, -0.2) is 0 Å². The fourth-order valence-corrected chi connectivity index (χ4v) is 3.48. The topological polar surface area (TPSA) is 58.6 Å². The van der Waals surface area contributed by atoms with Crippen LogP contribution in [0.1, 0.15) is 22.0 Å². The highest BCUT2D eigenvalue weighted by Crippen LogP contribution is 2.26. The maximum atomic E-state index is 12.4. The fraction of sp³-hybridized carbons (Fsp3) is 0.150. The molecule has 0 saturated heterocycles. The van der Waals surface area contributed by atoms with Crippen molar-refractivity contribution in [2.75, 3.05) is 13.7 Å². The van der Waals surface area contributed by atoms with E-state index in [4.69, 9.17) is 16.3 Å². The molecule has 3 aromatic rings. The Kier molecular flexibility index (Phi) is 5.93. The Bertz CT molecular complexity index is 879. The summed E-state index contributed by atoms with van der Waals surface area (Å²) in [6, 6.07) is 16.5. The van der Waals surface area contributed by atoms with Crippen molar-refractivity contribution >= 4 is 28.8 Å². The first-order valence-corrected chi connectivity index (χ1v) is 9.28. The lowest BCUT2D eigenvalue weighted by molar-refractivity contribution is 0.0913. The molecule has 134 valence electrons. The van der Waals surface area contributed by atoms with Gasteiger partial charge in [-0.05, 0) is 40.8 Å². The molecule has 3 rings (SSSR count). The van der Waals surface area contributed by atoms with Gasteiger partial charge in [-0.2, -0.15) is 0 Å². The SMILES string of the molecule is COc1ccc(Cl)cc1C(=O)NCC(O)c1ccc(-c2cccs2)cc1. The summed E-state index contributed by atoms with van der Waals surface area (Å²) in [5.74, 6) is 0.0836. The molecule has 0 saturated carbocycles. The smallest absolute Gasteiger partial charge is 0.255 e. The zero-order valence-corrected chi connectivity index (χ0v) is 15.7. The fourth-order valence-electron chi connectivity index (χ4n) is 2.57. The molecule has 0 fully saturated rings. The standard InChI is InChI=1S/C20H18ClNO3S/c1-25-18-9-8-15(21)11-16(18)20(24)22-12-17(23)13-4-6-14(7-5-13)19-3-2-10-26-19/h2-11,17,23H,12H2,1H3,(H,22,24). The number of aliphatic hydroxyl groups excluding tert-OH is 1. The van der Waals surface area contributed by atoms with Crippen molar-refractivity contribution in [1.29, 1.82) is 0 Å². The number of thiophene rings is 1. The van der Waals surface area contributed by atoms with E-state index in [1.54, 1.807) is 23.5 Å². The number of carbonyl (C=O) groups is 1. The van der Waals surface area contributed by atoms with Gasteiger partial charge in [0.1, 0.15) is 5.75 Å². The molecule has 1 aromatic heterocycles. The van der Waals surface area contributed by atoms with Gasteiger partial charge in [-0.1, -0.05) is 41.9 Å². The molecule has 2 aromatic carbocycles. The summed E-state index contributed by atoms with van der Waals surface area (Å²) >= 11 is 7.61. The van der Waals surface area contributed by atoms with Gasteiger partial charge in [0.2, 0.25) is 0 Å². The Morgan fingerprint density at radius 2 is 2.00 bits per heavy atom. The quantitative estimate of drug-likeness (QED) is 0.652. The molecule has 0 spiro atoms. The number of amides is 1. The van der Waals surface area contributed by atoms with Crippen LogP contribution in [0.15, 0.2) is 60.0 Å². The van der Waals surface area contributed by atoms with E-state index < -0.39 is 6.10 Å². The van der Waals surface area contributed by atoms with Crippen molar-refractivity contribution in [3.05, 3.63) is 76.1 Å². The number of carbonyl (C=O) groups excluding carboxylic acids is 1. The van der Waals surface area contributed by atoms with Crippen molar-refractivity contribution in [2.24, 2.45) is 0 Å². The lowest BCUT2D eigenvalue weighted by Gasteiger charge is -2.14. The van der Waals surface area contributed by atoms with Gasteiger partial charge in [0.05, 0.1) is 18.8 Å². The highest BCUT2D eigenvalue weighted by molar-refractivity contribution is 7.13. The van der Waals surface area contributed by atoms with Crippen LogP contribution < -0.4 is 10.1 Å². The molecule has 6 heteroatoms. The summed E-state index contributed by atoms with van der Waals surface area (Å²) in [5, 5.41) is 15.5. The first-order chi connectivity index (χ1) is 12.6. The summed E-state index contributed by atoms with van der Waals surface area (Å²) in [5.41, 5.74) is 2.17. The first-order valence-electron chi connectivity index (χ1n) is 8.02. The number of nitrogens with one attached hydrogen (secondary N) is 1. The number of methoxy groups -OCH3 is 1. The number of benzene rings is 2. The minimum absolute atomic E-state index is 0.0901. The van der Waals surface area contributed by atoms with Crippen LogP contribution in [0.4, 0.5) is 0 Å². The predicted molar refractivity (Wildman–Crippen MR) is 105 cm³/mol. The van der Waals surface area contributed by atoms with Gasteiger partial charge < -0.3 is 15.2 Å². The molecular weight excluding hydrogens is 370 g/mol. The largest absolute Gasteiger partial charge is 0.496 e. The Labute approximate surface area is 161 Å². The highest BCUT2D eigenvalue weighted by Gasteiger charge is 2.15. The molecule has 2 N–H and O–H groups in total. The molecule has 0 radical (unpaired) electrons. The number of rotatable bonds is 6. The number of ether oxygens (including phenoxy) is 1. The van der Waals surface area contributed by atoms with Crippen LogP contribution in [0.5, 0.6) is 5.75 Å². The second-order valence-corrected chi connectivity index (χ2v) is 7.05. The van der Waals surface area contributed by atoms with E-state index in [0.717, 1.165) is 11.1 Å². The van der Waals surface area contributed by atoms with Crippen LogP contribution in [-0.4, -0.2) is 24.7 Å². The van der Waals surface area contributed by atoms with Crippen LogP contribution in [0.3, 0.4) is 0 Å². The van der Waals surface area contributed by atoms with Gasteiger partial charge in [-0.3, -0.25) is 4.79 Å². The maximum Gasteiger partial charge on any atom is 0.255 e. The molecule has 1 amide bonds. The second kappa shape index (κ2) is 8.36. The van der Waals surface area contributed by atoms with Crippen molar-refractivity contribution < 1.29 is 14.6 Å². The minimum Gasteiger partial charge on any atom is -0.496 e. The molecule has 26 heavy (non-hydrogen) atoms. The lowest BCUT2D eigenvalue weighted by atomic mass is 10.1. The third-order valence-corrected chi connectivity index (χ3v) is 5.12. The van der Waals surface area contributed by atoms with E-state index in [2.05, 4.69) is 11.4 Å². The van der Waals surface area contributed by atoms with Crippen molar-refractivity contribution in [3.8, 4) is 16.2 Å². The van der Waals surface area contributed by atoms with Gasteiger partial charge >= 0.3 is 0 Å². The average molecular weight is 388 g/mol. The molecule has 0 aliphatic heterocycles. The molecule has 1 atom stereocenters. The zero-order chi connectivity index (χ0) is 18.5. The van der Waals surface area contributed by atoms with E-state index in [9.17, 15) is 9.90 Å². The van der Waals surface area contributed by atoms with E-state index in [1.165, 1.54) is 18.1 Å². The highest BCUT2D eigenvalue weighted by atomic mass is 35.5. The van der Waals surface area contributed by atoms with E-state index in [-0.39, 0.29) is 12.5 Å². The summed E-state index contributed by atoms with van der Waals surface area (Å²) in [6.45, 7) is 0.0901. The third-order valence-electron chi connectivity index (χ3n) is 3.96. The van der Waals surface area contributed by atoms with Gasteiger partial charge in [-0.15, -0.1) is 11.3 Å². The lowest BCUT2D eigenvalue weighted by Crippen LogP contribution is -2.28. The minimum atomic E-state index is -0.804. The molecule has 0 aliphatic rings. The average Bonchev–Trinajstić information content (AvgIpc) is 3.20. The normalized spacial score (nSPS) is 11.8. The van der Waals surface area contributed by atoms with Gasteiger partial charge in [0, 0.05) is 16.4 Å². The Hall–Kier alpha value is -2.34. The van der Waals surface area contributed by atoms with E-state index in [0.29, 0.717) is 16.3 Å². The van der Waals surface area contributed by atoms with Crippen LogP contribution in [0.2, 0.25) is 5.02 Å². The molecule has 1 unspecified atom stereocenters. The Balaban J connectivity index is 1.64. The predicted octanol–water partition coefficient (Wildman–Crippen LogP) is 4.54. The van der Waals surface area contributed by atoms with Crippen LogP contribution >= 0.6 is 22.9 Å². The summed E-state index contributed by atoms with van der Waals surface area (Å²) in [4.78, 5) is 13.5. The molecular formula is C20H18ClNO3S. The van der Waals surface area contributed by atoms with Crippen molar-refractivity contribution in [3.63, 3.8) is 0 Å². The number of hydrogen-bond acceptors (Lipinski definition) is 4. The van der Waals surface area contributed by atoms with Crippen molar-refractivity contribution in [1.82, 2.24) is 5.32 Å². The Morgan fingerprint density at radius 1 is 1.23 bits per heavy atom. The van der Waals surface area contributed by atoms with Crippen LogP contribution in [-0.2, 0) is 0 Å². The number of halogens is 1. The summed E-state index contributed by atoms with van der Waals surface area (Å²) < 4.78 is 5.18. The molecule has 0 bridgehead atoms. The first kappa shape index (κ1) is 18.5. The molecule has 0 aliphatic carbocycles. The summed E-state index contributed by atoms with van der Waals surface area (Å²) in [7, 11) is 1.49. The molecule has 4 nitrogen and oxygen atoms in total.